The lowest BCUT2D eigenvalue weighted by molar-refractivity contribution is 0.101. The first-order valence-corrected chi connectivity index (χ1v) is 6.41. The van der Waals surface area contributed by atoms with Gasteiger partial charge >= 0.3 is 0 Å². The molecule has 80 valence electrons. The summed E-state index contributed by atoms with van der Waals surface area (Å²) in [5.41, 5.74) is 0.831. The molecule has 1 fully saturated rings. The molecular formula is C13H16OS. The van der Waals surface area contributed by atoms with E-state index in [1.807, 2.05) is 30.0 Å². The van der Waals surface area contributed by atoms with Crippen molar-refractivity contribution in [2.45, 2.75) is 42.8 Å². The van der Waals surface area contributed by atoms with Gasteiger partial charge in [0.2, 0.25) is 0 Å². The maximum Gasteiger partial charge on any atom is 0.159 e. The molecule has 0 heterocycles. The Labute approximate surface area is 95.3 Å². The van der Waals surface area contributed by atoms with Crippen molar-refractivity contribution in [1.82, 2.24) is 0 Å². The second kappa shape index (κ2) is 4.84. The molecular weight excluding hydrogens is 204 g/mol. The molecule has 0 aliphatic heterocycles. The first-order chi connectivity index (χ1) is 7.25. The normalized spacial score (nSPS) is 16.9. The predicted molar refractivity (Wildman–Crippen MR) is 64.6 cm³/mol. The van der Waals surface area contributed by atoms with Gasteiger partial charge in [-0.25, -0.2) is 0 Å². The first kappa shape index (κ1) is 10.7. The SMILES string of the molecule is CC(=O)c1cccc(SC2CCCC2)c1. The van der Waals surface area contributed by atoms with Crippen molar-refractivity contribution in [2.24, 2.45) is 0 Å². The molecule has 0 radical (unpaired) electrons. The zero-order chi connectivity index (χ0) is 10.7. The van der Waals surface area contributed by atoms with Gasteiger partial charge in [-0.15, -0.1) is 11.8 Å². The molecule has 2 rings (SSSR count). The largest absolute Gasteiger partial charge is 0.295 e. The summed E-state index contributed by atoms with van der Waals surface area (Å²) in [5, 5.41) is 0.771. The third kappa shape index (κ3) is 2.85. The molecule has 15 heavy (non-hydrogen) atoms. The van der Waals surface area contributed by atoms with Crippen LogP contribution in [0.2, 0.25) is 0 Å². The number of hydrogen-bond acceptors (Lipinski definition) is 2. The lowest BCUT2D eigenvalue weighted by atomic mass is 10.2. The van der Waals surface area contributed by atoms with E-state index in [1.54, 1.807) is 6.92 Å². The number of carbonyl (C=O) groups excluding carboxylic acids is 1. The minimum atomic E-state index is 0.156. The Morgan fingerprint density at radius 2 is 2.07 bits per heavy atom. The molecule has 1 aromatic carbocycles. The van der Waals surface area contributed by atoms with Crippen LogP contribution in [0.25, 0.3) is 0 Å². The van der Waals surface area contributed by atoms with Crippen molar-refractivity contribution < 1.29 is 4.79 Å². The first-order valence-electron chi connectivity index (χ1n) is 5.53. The van der Waals surface area contributed by atoms with E-state index in [1.165, 1.54) is 30.6 Å². The Kier molecular flexibility index (Phi) is 3.47. The highest BCUT2D eigenvalue weighted by atomic mass is 32.2. The third-order valence-electron chi connectivity index (χ3n) is 2.85. The smallest absolute Gasteiger partial charge is 0.159 e. The molecule has 0 N–H and O–H groups in total. The van der Waals surface area contributed by atoms with Crippen LogP contribution in [-0.4, -0.2) is 11.0 Å². The molecule has 0 bridgehead atoms. The Hall–Kier alpha value is -0.760. The molecule has 0 atom stereocenters. The summed E-state index contributed by atoms with van der Waals surface area (Å²) in [5.74, 6) is 0.156. The van der Waals surface area contributed by atoms with Crippen molar-refractivity contribution in [3.63, 3.8) is 0 Å². The van der Waals surface area contributed by atoms with Gasteiger partial charge in [0.15, 0.2) is 5.78 Å². The molecule has 2 heteroatoms. The average molecular weight is 220 g/mol. The Morgan fingerprint density at radius 1 is 1.33 bits per heavy atom. The second-order valence-corrected chi connectivity index (χ2v) is 5.48. The standard InChI is InChI=1S/C13H16OS/c1-10(14)11-5-4-8-13(9-11)15-12-6-2-3-7-12/h4-5,8-9,12H,2-3,6-7H2,1H3. The highest BCUT2D eigenvalue weighted by Crippen LogP contribution is 2.34. The zero-order valence-electron chi connectivity index (χ0n) is 9.03. The number of rotatable bonds is 3. The molecule has 1 saturated carbocycles. The highest BCUT2D eigenvalue weighted by molar-refractivity contribution is 8.00. The van der Waals surface area contributed by atoms with E-state index in [2.05, 4.69) is 6.07 Å². The molecule has 1 aliphatic carbocycles. The Morgan fingerprint density at radius 3 is 2.73 bits per heavy atom. The van der Waals surface area contributed by atoms with Crippen LogP contribution in [0.1, 0.15) is 43.0 Å². The van der Waals surface area contributed by atoms with Crippen molar-refractivity contribution in [3.05, 3.63) is 29.8 Å². The summed E-state index contributed by atoms with van der Waals surface area (Å²) in [6, 6.07) is 8.00. The van der Waals surface area contributed by atoms with Crippen LogP contribution in [0.15, 0.2) is 29.2 Å². The van der Waals surface area contributed by atoms with Gasteiger partial charge in [-0.2, -0.15) is 0 Å². The maximum atomic E-state index is 11.2. The summed E-state index contributed by atoms with van der Waals surface area (Å²) in [6.45, 7) is 1.62. The van der Waals surface area contributed by atoms with E-state index in [0.29, 0.717) is 0 Å². The molecule has 0 unspecified atom stereocenters. The summed E-state index contributed by atoms with van der Waals surface area (Å²) < 4.78 is 0. The predicted octanol–water partition coefficient (Wildman–Crippen LogP) is 3.92. The fourth-order valence-corrected chi connectivity index (χ4v) is 3.29. The summed E-state index contributed by atoms with van der Waals surface area (Å²) in [7, 11) is 0. The quantitative estimate of drug-likeness (QED) is 0.718. The van der Waals surface area contributed by atoms with Crippen molar-refractivity contribution in [1.29, 1.82) is 0 Å². The molecule has 0 amide bonds. The van der Waals surface area contributed by atoms with Gasteiger partial charge in [0, 0.05) is 15.7 Å². The lowest BCUT2D eigenvalue weighted by Crippen LogP contribution is -1.95. The van der Waals surface area contributed by atoms with Crippen LogP contribution in [-0.2, 0) is 0 Å². The Bertz CT molecular complexity index is 353. The van der Waals surface area contributed by atoms with Crippen LogP contribution in [0.3, 0.4) is 0 Å². The second-order valence-electron chi connectivity index (χ2n) is 4.11. The minimum absolute atomic E-state index is 0.156. The van der Waals surface area contributed by atoms with Crippen LogP contribution in [0.5, 0.6) is 0 Å². The molecule has 0 saturated heterocycles. The van der Waals surface area contributed by atoms with Crippen LogP contribution >= 0.6 is 11.8 Å². The van der Waals surface area contributed by atoms with Crippen molar-refractivity contribution in [2.75, 3.05) is 0 Å². The Balaban J connectivity index is 2.07. The average Bonchev–Trinajstić information content (AvgIpc) is 2.71. The lowest BCUT2D eigenvalue weighted by Gasteiger charge is -2.08. The summed E-state index contributed by atoms with van der Waals surface area (Å²) in [6.07, 6.45) is 5.39. The molecule has 1 aliphatic rings. The maximum absolute atomic E-state index is 11.2. The monoisotopic (exact) mass is 220 g/mol. The number of ketones is 1. The van der Waals surface area contributed by atoms with Gasteiger partial charge in [-0.1, -0.05) is 25.0 Å². The molecule has 1 nitrogen and oxygen atoms in total. The van der Waals surface area contributed by atoms with Crippen LogP contribution in [0.4, 0.5) is 0 Å². The van der Waals surface area contributed by atoms with Crippen LogP contribution in [0, 0.1) is 0 Å². The fourth-order valence-electron chi connectivity index (χ4n) is 1.99. The van der Waals surface area contributed by atoms with E-state index in [-0.39, 0.29) is 5.78 Å². The van der Waals surface area contributed by atoms with Gasteiger partial charge in [0.1, 0.15) is 0 Å². The number of benzene rings is 1. The molecule has 1 aromatic rings. The van der Waals surface area contributed by atoms with Crippen molar-refractivity contribution >= 4 is 17.5 Å². The number of thioether (sulfide) groups is 1. The van der Waals surface area contributed by atoms with Gasteiger partial charge in [0.05, 0.1) is 0 Å². The van der Waals surface area contributed by atoms with Crippen molar-refractivity contribution in [3.8, 4) is 0 Å². The number of hydrogen-bond donors (Lipinski definition) is 0. The highest BCUT2D eigenvalue weighted by Gasteiger charge is 2.16. The fraction of sp³-hybridized carbons (Fsp3) is 0.462. The van der Waals surface area contributed by atoms with E-state index in [9.17, 15) is 4.79 Å². The minimum Gasteiger partial charge on any atom is -0.295 e. The summed E-state index contributed by atoms with van der Waals surface area (Å²) >= 11 is 1.93. The van der Waals surface area contributed by atoms with E-state index in [4.69, 9.17) is 0 Å². The van der Waals surface area contributed by atoms with Crippen LogP contribution < -0.4 is 0 Å². The summed E-state index contributed by atoms with van der Waals surface area (Å²) in [4.78, 5) is 12.5. The van der Waals surface area contributed by atoms with E-state index >= 15 is 0 Å². The third-order valence-corrected chi connectivity index (χ3v) is 4.18. The van der Waals surface area contributed by atoms with Gasteiger partial charge in [-0.3, -0.25) is 4.79 Å². The topological polar surface area (TPSA) is 17.1 Å². The van der Waals surface area contributed by atoms with Gasteiger partial charge in [0.25, 0.3) is 0 Å². The van der Waals surface area contributed by atoms with E-state index in [0.717, 1.165) is 10.8 Å². The van der Waals surface area contributed by atoms with E-state index < -0.39 is 0 Å². The number of carbonyl (C=O) groups is 1. The zero-order valence-corrected chi connectivity index (χ0v) is 9.85. The molecule has 0 aromatic heterocycles. The van der Waals surface area contributed by atoms with Gasteiger partial charge in [-0.05, 0) is 31.9 Å². The number of Topliss-reactive ketones (excluding diaryl/α,β-unsaturated/α-hetero) is 1. The molecule has 0 spiro atoms. The van der Waals surface area contributed by atoms with Gasteiger partial charge < -0.3 is 0 Å².